The van der Waals surface area contributed by atoms with Crippen molar-refractivity contribution in [2.24, 2.45) is 0 Å². The Kier molecular flexibility index (Phi) is 5.23. The van der Waals surface area contributed by atoms with Crippen LogP contribution in [0.2, 0.25) is 0 Å². The Labute approximate surface area is 138 Å². The van der Waals surface area contributed by atoms with Gasteiger partial charge < -0.3 is 19.5 Å². The van der Waals surface area contributed by atoms with E-state index in [-0.39, 0.29) is 5.91 Å². The number of carbonyl (C=O) groups excluding carboxylic acids is 2. The Morgan fingerprint density at radius 2 is 1.83 bits per heavy atom. The molecule has 1 aromatic heterocycles. The van der Waals surface area contributed by atoms with Crippen molar-refractivity contribution in [3.63, 3.8) is 0 Å². The predicted molar refractivity (Wildman–Crippen MR) is 88.5 cm³/mol. The Bertz CT molecular complexity index is 738. The number of rotatable bonds is 5. The average molecular weight is 335 g/mol. The summed E-state index contributed by atoms with van der Waals surface area (Å²) in [5.74, 6) is 0.414. The van der Waals surface area contributed by atoms with Crippen LogP contribution in [0.4, 0.5) is 5.00 Å². The van der Waals surface area contributed by atoms with Gasteiger partial charge in [-0.1, -0.05) is 0 Å². The highest BCUT2D eigenvalue weighted by atomic mass is 32.1. The summed E-state index contributed by atoms with van der Waals surface area (Å²) in [6.07, 6.45) is 0. The minimum absolute atomic E-state index is 0.259. The van der Waals surface area contributed by atoms with Gasteiger partial charge in [0.25, 0.3) is 0 Å². The molecule has 0 fully saturated rings. The van der Waals surface area contributed by atoms with Crippen LogP contribution in [0.5, 0.6) is 11.5 Å². The van der Waals surface area contributed by atoms with Gasteiger partial charge in [-0.05, 0) is 12.1 Å². The number of hydrogen-bond donors (Lipinski definition) is 1. The molecule has 0 radical (unpaired) electrons. The highest BCUT2D eigenvalue weighted by molar-refractivity contribution is 7.15. The fourth-order valence-electron chi connectivity index (χ4n) is 2.13. The molecule has 0 bridgehead atoms. The summed E-state index contributed by atoms with van der Waals surface area (Å²) in [5, 5.41) is 4.87. The first kappa shape index (κ1) is 16.8. The van der Waals surface area contributed by atoms with Crippen LogP contribution >= 0.6 is 11.3 Å². The van der Waals surface area contributed by atoms with E-state index < -0.39 is 5.97 Å². The van der Waals surface area contributed by atoms with E-state index >= 15 is 0 Å². The Morgan fingerprint density at radius 3 is 2.39 bits per heavy atom. The molecule has 0 atom stereocenters. The van der Waals surface area contributed by atoms with Gasteiger partial charge in [0.15, 0.2) is 0 Å². The molecular weight excluding hydrogens is 318 g/mol. The van der Waals surface area contributed by atoms with Gasteiger partial charge in [-0.15, -0.1) is 11.3 Å². The second kappa shape index (κ2) is 7.15. The van der Waals surface area contributed by atoms with Crippen molar-refractivity contribution in [2.75, 3.05) is 26.6 Å². The number of benzene rings is 1. The summed E-state index contributed by atoms with van der Waals surface area (Å²) in [6.45, 7) is 1.38. The molecule has 6 nitrogen and oxygen atoms in total. The number of esters is 1. The SMILES string of the molecule is COC(=O)c1c(-c2ccc(OC)cc2OC)csc1NC(C)=O. The third-order valence-electron chi connectivity index (χ3n) is 3.17. The van der Waals surface area contributed by atoms with Gasteiger partial charge in [0, 0.05) is 29.5 Å². The zero-order chi connectivity index (χ0) is 17.0. The number of hydrogen-bond acceptors (Lipinski definition) is 6. The summed E-state index contributed by atoms with van der Waals surface area (Å²) < 4.78 is 15.4. The molecule has 0 spiro atoms. The zero-order valence-corrected chi connectivity index (χ0v) is 14.1. The van der Waals surface area contributed by atoms with Crippen LogP contribution in [-0.4, -0.2) is 33.2 Å². The topological polar surface area (TPSA) is 73.9 Å². The molecule has 1 N–H and O–H groups in total. The lowest BCUT2D eigenvalue weighted by Gasteiger charge is -2.11. The minimum Gasteiger partial charge on any atom is -0.497 e. The van der Waals surface area contributed by atoms with E-state index in [0.29, 0.717) is 33.2 Å². The van der Waals surface area contributed by atoms with Crippen LogP contribution in [0.15, 0.2) is 23.6 Å². The normalized spacial score (nSPS) is 10.1. The largest absolute Gasteiger partial charge is 0.497 e. The molecule has 1 heterocycles. The van der Waals surface area contributed by atoms with Gasteiger partial charge in [0.2, 0.25) is 5.91 Å². The Balaban J connectivity index is 2.61. The lowest BCUT2D eigenvalue weighted by molar-refractivity contribution is -0.114. The molecule has 7 heteroatoms. The number of methoxy groups -OCH3 is 3. The molecule has 0 saturated carbocycles. The fourth-order valence-corrected chi connectivity index (χ4v) is 3.13. The highest BCUT2D eigenvalue weighted by Crippen LogP contribution is 2.41. The first-order chi connectivity index (χ1) is 11.0. The maximum atomic E-state index is 12.2. The van der Waals surface area contributed by atoms with Crippen molar-refractivity contribution in [1.82, 2.24) is 0 Å². The highest BCUT2D eigenvalue weighted by Gasteiger charge is 2.23. The molecule has 23 heavy (non-hydrogen) atoms. The molecule has 0 aliphatic carbocycles. The van der Waals surface area contributed by atoms with E-state index in [1.807, 2.05) is 0 Å². The van der Waals surface area contributed by atoms with Crippen molar-refractivity contribution in [2.45, 2.75) is 6.92 Å². The minimum atomic E-state index is -0.525. The van der Waals surface area contributed by atoms with Crippen LogP contribution in [0.25, 0.3) is 11.1 Å². The quantitative estimate of drug-likeness (QED) is 0.850. The van der Waals surface area contributed by atoms with E-state index in [0.717, 1.165) is 0 Å². The number of anilines is 1. The number of carbonyl (C=O) groups is 2. The van der Waals surface area contributed by atoms with Crippen LogP contribution < -0.4 is 14.8 Å². The summed E-state index contributed by atoms with van der Waals surface area (Å²) in [7, 11) is 4.40. The standard InChI is InChI=1S/C16H17NO5S/c1-9(18)17-15-14(16(19)22-4)12(8-23-15)11-6-5-10(20-2)7-13(11)21-3/h5-8H,1-4H3,(H,17,18). The Hall–Kier alpha value is -2.54. The van der Waals surface area contributed by atoms with Gasteiger partial charge in [-0.25, -0.2) is 4.79 Å². The number of ether oxygens (including phenoxy) is 3. The second-order valence-corrected chi connectivity index (χ2v) is 5.47. The second-order valence-electron chi connectivity index (χ2n) is 4.59. The van der Waals surface area contributed by atoms with Crippen LogP contribution in [0, 0.1) is 0 Å². The van der Waals surface area contributed by atoms with Gasteiger partial charge in [-0.3, -0.25) is 4.79 Å². The van der Waals surface area contributed by atoms with Crippen molar-refractivity contribution in [3.8, 4) is 22.6 Å². The molecule has 0 aliphatic heterocycles. The molecule has 1 aromatic carbocycles. The lowest BCUT2D eigenvalue weighted by Crippen LogP contribution is -2.10. The fraction of sp³-hybridized carbons (Fsp3) is 0.250. The molecule has 0 unspecified atom stereocenters. The van der Waals surface area contributed by atoms with Crippen LogP contribution in [-0.2, 0) is 9.53 Å². The smallest absolute Gasteiger partial charge is 0.341 e. The monoisotopic (exact) mass is 335 g/mol. The van der Waals surface area contributed by atoms with E-state index in [9.17, 15) is 9.59 Å². The number of amides is 1. The van der Waals surface area contributed by atoms with E-state index in [1.165, 1.54) is 32.5 Å². The van der Waals surface area contributed by atoms with Crippen LogP contribution in [0.3, 0.4) is 0 Å². The molecule has 2 aromatic rings. The van der Waals surface area contributed by atoms with Crippen LogP contribution in [0.1, 0.15) is 17.3 Å². The maximum Gasteiger partial charge on any atom is 0.341 e. The maximum absolute atomic E-state index is 12.2. The van der Waals surface area contributed by atoms with Gasteiger partial charge in [0.05, 0.1) is 21.3 Å². The summed E-state index contributed by atoms with van der Waals surface area (Å²) in [4.78, 5) is 23.5. The molecule has 0 aliphatic rings. The average Bonchev–Trinajstić information content (AvgIpc) is 2.95. The number of thiophene rings is 1. The van der Waals surface area contributed by atoms with Crippen molar-refractivity contribution in [3.05, 3.63) is 29.1 Å². The molecule has 2 rings (SSSR count). The molecular formula is C16H17NO5S. The third-order valence-corrected chi connectivity index (χ3v) is 4.06. The molecule has 1 amide bonds. The lowest BCUT2D eigenvalue weighted by atomic mass is 10.0. The van der Waals surface area contributed by atoms with Gasteiger partial charge in [-0.2, -0.15) is 0 Å². The van der Waals surface area contributed by atoms with Gasteiger partial charge >= 0.3 is 5.97 Å². The van der Waals surface area contributed by atoms with E-state index in [2.05, 4.69) is 5.32 Å². The van der Waals surface area contributed by atoms with E-state index in [1.54, 1.807) is 30.7 Å². The first-order valence-electron chi connectivity index (χ1n) is 6.71. The first-order valence-corrected chi connectivity index (χ1v) is 7.59. The summed E-state index contributed by atoms with van der Waals surface area (Å²) in [5.41, 5.74) is 1.64. The summed E-state index contributed by atoms with van der Waals surface area (Å²) in [6, 6.07) is 5.30. The molecule has 0 saturated heterocycles. The van der Waals surface area contributed by atoms with Crippen molar-refractivity contribution < 1.29 is 23.8 Å². The predicted octanol–water partition coefficient (Wildman–Crippen LogP) is 3.18. The summed E-state index contributed by atoms with van der Waals surface area (Å²) >= 11 is 1.25. The van der Waals surface area contributed by atoms with Crippen molar-refractivity contribution >= 4 is 28.2 Å². The van der Waals surface area contributed by atoms with Gasteiger partial charge in [0.1, 0.15) is 22.1 Å². The number of nitrogens with one attached hydrogen (secondary N) is 1. The molecule has 122 valence electrons. The van der Waals surface area contributed by atoms with E-state index in [4.69, 9.17) is 14.2 Å². The zero-order valence-electron chi connectivity index (χ0n) is 13.3. The van der Waals surface area contributed by atoms with Crippen molar-refractivity contribution in [1.29, 1.82) is 0 Å². The Morgan fingerprint density at radius 1 is 1.09 bits per heavy atom. The third kappa shape index (κ3) is 3.45.